The smallest absolute Gasteiger partial charge is 0.310 e. The number of aliphatic carboxylic acids is 1. The van der Waals surface area contributed by atoms with Crippen LogP contribution in [0.3, 0.4) is 0 Å². The molecular formula is C13H13FN2O2. The average molecular weight is 248 g/mol. The van der Waals surface area contributed by atoms with Gasteiger partial charge in [0, 0.05) is 11.8 Å². The molecule has 4 nitrogen and oxygen atoms in total. The highest BCUT2D eigenvalue weighted by atomic mass is 19.1. The Balaban J connectivity index is 2.37. The standard InChI is InChI=1S/C13H13FN2O2/c1-8-3-11(14)5-12(4-8)16-7-10(6-15-16)9(2)13(17)18/h3-7,9H,1-2H3,(H,17,18). The maximum atomic E-state index is 13.3. The minimum Gasteiger partial charge on any atom is -0.481 e. The van der Waals surface area contributed by atoms with Crippen LogP contribution in [0.15, 0.2) is 30.6 Å². The highest BCUT2D eigenvalue weighted by Crippen LogP contribution is 2.18. The second-order valence-electron chi connectivity index (χ2n) is 4.26. The van der Waals surface area contributed by atoms with Crippen LogP contribution < -0.4 is 0 Å². The number of aromatic nitrogens is 2. The van der Waals surface area contributed by atoms with Crippen LogP contribution in [-0.2, 0) is 4.79 Å². The molecule has 0 saturated heterocycles. The zero-order valence-electron chi connectivity index (χ0n) is 10.1. The molecule has 1 N–H and O–H groups in total. The number of aryl methyl sites for hydroxylation is 1. The number of nitrogens with zero attached hydrogens (tertiary/aromatic N) is 2. The van der Waals surface area contributed by atoms with E-state index in [9.17, 15) is 9.18 Å². The molecule has 0 saturated carbocycles. The summed E-state index contributed by atoms with van der Waals surface area (Å²) in [7, 11) is 0. The second kappa shape index (κ2) is 4.60. The summed E-state index contributed by atoms with van der Waals surface area (Å²) in [5, 5.41) is 13.0. The van der Waals surface area contributed by atoms with Crippen molar-refractivity contribution in [3.8, 4) is 5.69 Å². The van der Waals surface area contributed by atoms with E-state index in [1.54, 1.807) is 26.1 Å². The number of carboxylic acids is 1. The number of carboxylic acid groups (broad SMARTS) is 1. The van der Waals surface area contributed by atoms with Crippen molar-refractivity contribution in [2.75, 3.05) is 0 Å². The predicted octanol–water partition coefficient (Wildman–Crippen LogP) is 2.51. The van der Waals surface area contributed by atoms with E-state index < -0.39 is 11.9 Å². The Morgan fingerprint density at radius 2 is 2.17 bits per heavy atom. The van der Waals surface area contributed by atoms with E-state index in [0.29, 0.717) is 11.3 Å². The molecule has 2 aromatic rings. The van der Waals surface area contributed by atoms with Crippen molar-refractivity contribution in [2.45, 2.75) is 19.8 Å². The summed E-state index contributed by atoms with van der Waals surface area (Å²) in [6.45, 7) is 3.37. The number of rotatable bonds is 3. The minimum absolute atomic E-state index is 0.340. The summed E-state index contributed by atoms with van der Waals surface area (Å²) >= 11 is 0. The van der Waals surface area contributed by atoms with Crippen LogP contribution in [0.2, 0.25) is 0 Å². The lowest BCUT2D eigenvalue weighted by atomic mass is 10.1. The van der Waals surface area contributed by atoms with Crippen molar-refractivity contribution in [2.24, 2.45) is 0 Å². The van der Waals surface area contributed by atoms with E-state index in [-0.39, 0.29) is 5.82 Å². The van der Waals surface area contributed by atoms with E-state index in [0.717, 1.165) is 5.56 Å². The first kappa shape index (κ1) is 12.3. The number of hydrogen-bond acceptors (Lipinski definition) is 2. The van der Waals surface area contributed by atoms with Crippen molar-refractivity contribution >= 4 is 5.97 Å². The number of benzene rings is 1. The van der Waals surface area contributed by atoms with Gasteiger partial charge in [0.05, 0.1) is 17.8 Å². The SMILES string of the molecule is Cc1cc(F)cc(-n2cc(C(C)C(=O)O)cn2)c1. The Labute approximate surface area is 104 Å². The first-order chi connectivity index (χ1) is 8.47. The van der Waals surface area contributed by atoms with Gasteiger partial charge in [0.25, 0.3) is 0 Å². The van der Waals surface area contributed by atoms with Crippen LogP contribution in [0.25, 0.3) is 5.69 Å². The van der Waals surface area contributed by atoms with E-state index in [4.69, 9.17) is 5.11 Å². The lowest BCUT2D eigenvalue weighted by molar-refractivity contribution is -0.138. The van der Waals surface area contributed by atoms with Crippen LogP contribution >= 0.6 is 0 Å². The van der Waals surface area contributed by atoms with E-state index in [2.05, 4.69) is 5.10 Å². The fraction of sp³-hybridized carbons (Fsp3) is 0.231. The summed E-state index contributed by atoms with van der Waals surface area (Å²) < 4.78 is 14.7. The molecule has 0 amide bonds. The Hall–Kier alpha value is -2.17. The van der Waals surface area contributed by atoms with Crippen LogP contribution in [0.4, 0.5) is 4.39 Å². The lowest BCUT2D eigenvalue weighted by Gasteiger charge is -2.04. The molecule has 1 aromatic heterocycles. The molecule has 1 unspecified atom stereocenters. The number of halogens is 1. The van der Waals surface area contributed by atoms with Gasteiger partial charge in [-0.15, -0.1) is 0 Å². The van der Waals surface area contributed by atoms with Gasteiger partial charge in [-0.25, -0.2) is 9.07 Å². The second-order valence-corrected chi connectivity index (χ2v) is 4.26. The van der Waals surface area contributed by atoms with Gasteiger partial charge < -0.3 is 5.11 Å². The van der Waals surface area contributed by atoms with Gasteiger partial charge in [-0.2, -0.15) is 5.10 Å². The fourth-order valence-corrected chi connectivity index (χ4v) is 1.69. The maximum absolute atomic E-state index is 13.3. The number of carbonyl (C=O) groups is 1. The van der Waals surface area contributed by atoms with E-state index in [1.165, 1.54) is 23.0 Å². The molecule has 1 aromatic carbocycles. The highest BCUT2D eigenvalue weighted by Gasteiger charge is 2.16. The van der Waals surface area contributed by atoms with Gasteiger partial charge >= 0.3 is 5.97 Å². The highest BCUT2D eigenvalue weighted by molar-refractivity contribution is 5.75. The van der Waals surface area contributed by atoms with Gasteiger partial charge in [-0.3, -0.25) is 4.79 Å². The summed E-state index contributed by atoms with van der Waals surface area (Å²) in [5.74, 6) is -1.88. The molecule has 0 aliphatic carbocycles. The third-order valence-corrected chi connectivity index (χ3v) is 2.76. The molecule has 0 aliphatic heterocycles. The molecular weight excluding hydrogens is 235 g/mol. The van der Waals surface area contributed by atoms with Crippen LogP contribution in [0.5, 0.6) is 0 Å². The molecule has 1 heterocycles. The quantitative estimate of drug-likeness (QED) is 0.908. The predicted molar refractivity (Wildman–Crippen MR) is 64.3 cm³/mol. The summed E-state index contributed by atoms with van der Waals surface area (Å²) in [4.78, 5) is 10.9. The van der Waals surface area contributed by atoms with Gasteiger partial charge in [-0.1, -0.05) is 0 Å². The molecule has 2 rings (SSSR count). The summed E-state index contributed by atoms with van der Waals surface area (Å²) in [6.07, 6.45) is 3.09. The molecule has 0 radical (unpaired) electrons. The van der Waals surface area contributed by atoms with Gasteiger partial charge in [0.1, 0.15) is 5.82 Å². The minimum atomic E-state index is -0.912. The molecule has 18 heavy (non-hydrogen) atoms. The Morgan fingerprint density at radius 1 is 1.44 bits per heavy atom. The first-order valence-corrected chi connectivity index (χ1v) is 5.52. The molecule has 5 heteroatoms. The maximum Gasteiger partial charge on any atom is 0.310 e. The van der Waals surface area contributed by atoms with E-state index in [1.807, 2.05) is 0 Å². The molecule has 0 aliphatic rings. The Morgan fingerprint density at radius 3 is 2.78 bits per heavy atom. The summed E-state index contributed by atoms with van der Waals surface area (Å²) in [5.41, 5.74) is 1.95. The monoisotopic (exact) mass is 248 g/mol. The van der Waals surface area contributed by atoms with Crippen molar-refractivity contribution in [1.29, 1.82) is 0 Å². The molecule has 94 valence electrons. The van der Waals surface area contributed by atoms with Gasteiger partial charge in [0.15, 0.2) is 0 Å². The van der Waals surface area contributed by atoms with Crippen LogP contribution in [-0.4, -0.2) is 20.9 Å². The third-order valence-electron chi connectivity index (χ3n) is 2.76. The van der Waals surface area contributed by atoms with E-state index >= 15 is 0 Å². The third kappa shape index (κ3) is 2.40. The fourth-order valence-electron chi connectivity index (χ4n) is 1.69. The zero-order valence-corrected chi connectivity index (χ0v) is 10.1. The van der Waals surface area contributed by atoms with Gasteiger partial charge in [-0.05, 0) is 37.6 Å². The molecule has 1 atom stereocenters. The summed E-state index contributed by atoms with van der Waals surface area (Å²) in [6, 6.07) is 4.56. The first-order valence-electron chi connectivity index (χ1n) is 5.52. The molecule has 0 bridgehead atoms. The van der Waals surface area contributed by atoms with Crippen LogP contribution in [0, 0.1) is 12.7 Å². The van der Waals surface area contributed by atoms with Crippen molar-refractivity contribution in [1.82, 2.24) is 9.78 Å². The normalized spacial score (nSPS) is 12.4. The number of hydrogen-bond donors (Lipinski definition) is 1. The Kier molecular flexibility index (Phi) is 3.14. The molecule has 0 fully saturated rings. The topological polar surface area (TPSA) is 55.1 Å². The Bertz CT molecular complexity index is 572. The van der Waals surface area contributed by atoms with Crippen molar-refractivity contribution in [3.63, 3.8) is 0 Å². The lowest BCUT2D eigenvalue weighted by Crippen LogP contribution is -2.06. The van der Waals surface area contributed by atoms with Crippen molar-refractivity contribution < 1.29 is 14.3 Å². The zero-order chi connectivity index (χ0) is 13.3. The largest absolute Gasteiger partial charge is 0.481 e. The molecule has 0 spiro atoms. The average Bonchev–Trinajstić information content (AvgIpc) is 2.75. The van der Waals surface area contributed by atoms with Crippen molar-refractivity contribution in [3.05, 3.63) is 47.5 Å². The van der Waals surface area contributed by atoms with Crippen LogP contribution in [0.1, 0.15) is 24.0 Å². The van der Waals surface area contributed by atoms with Gasteiger partial charge in [0.2, 0.25) is 0 Å².